The van der Waals surface area contributed by atoms with Gasteiger partial charge in [0.15, 0.2) is 0 Å². The van der Waals surface area contributed by atoms with E-state index in [-0.39, 0.29) is 5.69 Å². The number of urea groups is 1. The summed E-state index contributed by atoms with van der Waals surface area (Å²) in [7, 11) is 0. The maximum Gasteiger partial charge on any atom is 0.323 e. The summed E-state index contributed by atoms with van der Waals surface area (Å²) in [6.07, 6.45) is 0. The van der Waals surface area contributed by atoms with Crippen LogP contribution in [0, 0.1) is 17.0 Å². The minimum absolute atomic E-state index is 0.0188. The van der Waals surface area contributed by atoms with E-state index >= 15 is 0 Å². The quantitative estimate of drug-likeness (QED) is 0.661. The van der Waals surface area contributed by atoms with E-state index in [9.17, 15) is 14.9 Å². The average molecular weight is 271 g/mol. The van der Waals surface area contributed by atoms with Crippen molar-refractivity contribution < 1.29 is 9.72 Å². The topological polar surface area (TPSA) is 84.3 Å². The first-order valence-corrected chi connectivity index (χ1v) is 5.94. The zero-order valence-corrected chi connectivity index (χ0v) is 10.8. The molecule has 0 bridgehead atoms. The van der Waals surface area contributed by atoms with Gasteiger partial charge in [0.05, 0.1) is 4.92 Å². The second-order valence-corrected chi connectivity index (χ2v) is 4.25. The number of nitrogens with one attached hydrogen (secondary N) is 2. The van der Waals surface area contributed by atoms with E-state index in [1.54, 1.807) is 6.07 Å². The third kappa shape index (κ3) is 3.55. The van der Waals surface area contributed by atoms with E-state index in [1.807, 2.05) is 25.1 Å². The average Bonchev–Trinajstić information content (AvgIpc) is 2.39. The number of hydrogen-bond acceptors (Lipinski definition) is 3. The third-order valence-corrected chi connectivity index (χ3v) is 2.61. The molecule has 2 aromatic carbocycles. The molecule has 0 heterocycles. The van der Waals surface area contributed by atoms with Crippen LogP contribution >= 0.6 is 0 Å². The molecule has 0 spiro atoms. The first kappa shape index (κ1) is 13.5. The highest BCUT2D eigenvalue weighted by Gasteiger charge is 2.06. The molecule has 2 N–H and O–H groups in total. The van der Waals surface area contributed by atoms with Gasteiger partial charge in [0.25, 0.3) is 5.69 Å². The van der Waals surface area contributed by atoms with Crippen molar-refractivity contribution in [2.75, 3.05) is 10.6 Å². The Morgan fingerprint density at radius 3 is 2.30 bits per heavy atom. The summed E-state index contributed by atoms with van der Waals surface area (Å²) in [5.41, 5.74) is 2.19. The number of carbonyl (C=O) groups excluding carboxylic acids is 1. The summed E-state index contributed by atoms with van der Waals surface area (Å²) < 4.78 is 0. The number of nitro benzene ring substituents is 1. The zero-order valence-electron chi connectivity index (χ0n) is 10.8. The van der Waals surface area contributed by atoms with Crippen molar-refractivity contribution in [1.82, 2.24) is 0 Å². The number of anilines is 2. The highest BCUT2D eigenvalue weighted by molar-refractivity contribution is 5.99. The lowest BCUT2D eigenvalue weighted by Gasteiger charge is -2.08. The summed E-state index contributed by atoms with van der Waals surface area (Å²) in [4.78, 5) is 21.8. The van der Waals surface area contributed by atoms with Gasteiger partial charge in [-0.3, -0.25) is 10.1 Å². The van der Waals surface area contributed by atoms with E-state index in [0.29, 0.717) is 11.4 Å². The monoisotopic (exact) mass is 271 g/mol. The number of aryl methyl sites for hydroxylation is 1. The Kier molecular flexibility index (Phi) is 3.95. The fourth-order valence-electron chi connectivity index (χ4n) is 1.68. The van der Waals surface area contributed by atoms with Crippen molar-refractivity contribution in [3.63, 3.8) is 0 Å². The summed E-state index contributed by atoms with van der Waals surface area (Å²) in [5.74, 6) is 0. The molecule has 0 saturated heterocycles. The van der Waals surface area contributed by atoms with E-state index in [2.05, 4.69) is 10.6 Å². The Bertz CT molecular complexity index is 638. The van der Waals surface area contributed by atoms with Crippen molar-refractivity contribution >= 4 is 23.1 Å². The van der Waals surface area contributed by atoms with Gasteiger partial charge >= 0.3 is 6.03 Å². The van der Waals surface area contributed by atoms with E-state index < -0.39 is 11.0 Å². The summed E-state index contributed by atoms with van der Waals surface area (Å²) in [6.45, 7) is 1.93. The van der Waals surface area contributed by atoms with Crippen LogP contribution in [0.15, 0.2) is 48.5 Å². The number of amides is 2. The van der Waals surface area contributed by atoms with E-state index in [4.69, 9.17) is 0 Å². The largest absolute Gasteiger partial charge is 0.323 e. The normalized spacial score (nSPS) is 9.85. The summed E-state index contributed by atoms with van der Waals surface area (Å²) in [6, 6.07) is 12.6. The first-order chi connectivity index (χ1) is 9.54. The lowest BCUT2D eigenvalue weighted by Crippen LogP contribution is -2.19. The molecule has 2 amide bonds. The lowest BCUT2D eigenvalue weighted by molar-refractivity contribution is -0.384. The summed E-state index contributed by atoms with van der Waals surface area (Å²) >= 11 is 0. The van der Waals surface area contributed by atoms with Gasteiger partial charge in [-0.25, -0.2) is 4.79 Å². The number of nitrogens with zero attached hydrogens (tertiary/aromatic N) is 1. The molecule has 6 nitrogen and oxygen atoms in total. The Labute approximate surface area is 115 Å². The molecular formula is C14H13N3O3. The molecule has 20 heavy (non-hydrogen) atoms. The molecule has 0 aliphatic rings. The fraction of sp³-hybridized carbons (Fsp3) is 0.0714. The molecule has 0 fully saturated rings. The standard InChI is InChI=1S/C14H13N3O3/c1-10-3-2-4-12(9-10)16-14(18)15-11-5-7-13(8-6-11)17(19)20/h2-9H,1H3,(H2,15,16,18). The van der Waals surface area contributed by atoms with Crippen LogP contribution in [0.25, 0.3) is 0 Å². The van der Waals surface area contributed by atoms with Crippen LogP contribution in [-0.4, -0.2) is 11.0 Å². The van der Waals surface area contributed by atoms with Crippen molar-refractivity contribution in [2.45, 2.75) is 6.92 Å². The van der Waals surface area contributed by atoms with Gasteiger partial charge in [-0.15, -0.1) is 0 Å². The van der Waals surface area contributed by atoms with Gasteiger partial charge in [0, 0.05) is 23.5 Å². The van der Waals surface area contributed by atoms with Gasteiger partial charge in [0.1, 0.15) is 0 Å². The highest BCUT2D eigenvalue weighted by Crippen LogP contribution is 2.16. The molecule has 2 rings (SSSR count). The molecule has 0 saturated carbocycles. The number of rotatable bonds is 3. The molecule has 0 aliphatic heterocycles. The highest BCUT2D eigenvalue weighted by atomic mass is 16.6. The second kappa shape index (κ2) is 5.83. The first-order valence-electron chi connectivity index (χ1n) is 5.94. The van der Waals surface area contributed by atoms with Gasteiger partial charge in [-0.1, -0.05) is 12.1 Å². The number of nitro groups is 1. The van der Waals surface area contributed by atoms with Gasteiger partial charge < -0.3 is 10.6 Å². The van der Waals surface area contributed by atoms with Crippen molar-refractivity contribution in [3.8, 4) is 0 Å². The van der Waals surface area contributed by atoms with Crippen LogP contribution in [0.3, 0.4) is 0 Å². The molecular weight excluding hydrogens is 258 g/mol. The molecule has 0 radical (unpaired) electrons. The van der Waals surface area contributed by atoms with Crippen molar-refractivity contribution in [1.29, 1.82) is 0 Å². The molecule has 6 heteroatoms. The molecule has 0 aliphatic carbocycles. The maximum atomic E-state index is 11.8. The van der Waals surface area contributed by atoms with Crippen LogP contribution < -0.4 is 10.6 Å². The van der Waals surface area contributed by atoms with Crippen LogP contribution in [0.5, 0.6) is 0 Å². The fourth-order valence-corrected chi connectivity index (χ4v) is 1.68. The summed E-state index contributed by atoms with van der Waals surface area (Å²) in [5, 5.41) is 15.8. The zero-order chi connectivity index (χ0) is 14.5. The van der Waals surface area contributed by atoms with Gasteiger partial charge in [-0.05, 0) is 36.8 Å². The third-order valence-electron chi connectivity index (χ3n) is 2.61. The number of carbonyl (C=O) groups is 1. The minimum Gasteiger partial charge on any atom is -0.308 e. The van der Waals surface area contributed by atoms with Crippen molar-refractivity contribution in [3.05, 3.63) is 64.2 Å². The van der Waals surface area contributed by atoms with Crippen LogP contribution in [0.1, 0.15) is 5.56 Å². The Balaban J connectivity index is 1.99. The number of benzene rings is 2. The second-order valence-electron chi connectivity index (χ2n) is 4.25. The predicted molar refractivity (Wildman–Crippen MR) is 76.9 cm³/mol. The van der Waals surface area contributed by atoms with Gasteiger partial charge in [0.2, 0.25) is 0 Å². The van der Waals surface area contributed by atoms with Crippen LogP contribution in [0.4, 0.5) is 21.9 Å². The molecule has 102 valence electrons. The van der Waals surface area contributed by atoms with Gasteiger partial charge in [-0.2, -0.15) is 0 Å². The Morgan fingerprint density at radius 2 is 1.70 bits per heavy atom. The molecule has 0 aromatic heterocycles. The molecule has 0 atom stereocenters. The molecule has 2 aromatic rings. The maximum absolute atomic E-state index is 11.8. The lowest BCUT2D eigenvalue weighted by atomic mass is 10.2. The Hall–Kier alpha value is -2.89. The van der Waals surface area contributed by atoms with Crippen molar-refractivity contribution in [2.24, 2.45) is 0 Å². The number of hydrogen-bond donors (Lipinski definition) is 2. The van der Waals surface area contributed by atoms with E-state index in [0.717, 1.165) is 5.56 Å². The smallest absolute Gasteiger partial charge is 0.308 e. The Morgan fingerprint density at radius 1 is 1.05 bits per heavy atom. The SMILES string of the molecule is Cc1cccc(NC(=O)Nc2ccc([N+](=O)[O-])cc2)c1. The van der Waals surface area contributed by atoms with Crippen LogP contribution in [0.2, 0.25) is 0 Å². The number of non-ortho nitro benzene ring substituents is 1. The van der Waals surface area contributed by atoms with Crippen LogP contribution in [-0.2, 0) is 0 Å². The van der Waals surface area contributed by atoms with E-state index in [1.165, 1.54) is 24.3 Å². The predicted octanol–water partition coefficient (Wildman–Crippen LogP) is 3.55. The minimum atomic E-state index is -0.489. The molecule has 0 unspecified atom stereocenters.